The fourth-order valence-electron chi connectivity index (χ4n) is 2.47. The van der Waals surface area contributed by atoms with Crippen LogP contribution in [0.4, 0.5) is 11.4 Å². The molecule has 0 saturated carbocycles. The van der Waals surface area contributed by atoms with Gasteiger partial charge in [0.1, 0.15) is 4.90 Å². The maximum absolute atomic E-state index is 11.1. The van der Waals surface area contributed by atoms with Crippen LogP contribution in [0, 0.1) is 10.1 Å². The topological polar surface area (TPSA) is 46.4 Å². The number of hydrogen-bond acceptors (Lipinski definition) is 4. The van der Waals surface area contributed by atoms with Gasteiger partial charge in [-0.1, -0.05) is 30.3 Å². The van der Waals surface area contributed by atoms with Gasteiger partial charge in [0.2, 0.25) is 0 Å². The molecular formula is C15H14N2O2S. The normalized spacial score (nSPS) is 17.1. The molecule has 0 fully saturated rings. The fourth-order valence-corrected chi connectivity index (χ4v) is 3.59. The molecule has 0 unspecified atom stereocenters. The molecule has 5 heteroatoms. The van der Waals surface area contributed by atoms with Crippen LogP contribution in [-0.4, -0.2) is 11.0 Å². The molecule has 1 aliphatic heterocycles. The van der Waals surface area contributed by atoms with Crippen LogP contribution in [0.5, 0.6) is 0 Å². The van der Waals surface area contributed by atoms with Gasteiger partial charge >= 0.3 is 0 Å². The van der Waals surface area contributed by atoms with Gasteiger partial charge in [0.25, 0.3) is 5.69 Å². The molecule has 102 valence electrons. The van der Waals surface area contributed by atoms with Crippen molar-refractivity contribution in [2.75, 3.05) is 4.31 Å². The zero-order valence-corrected chi connectivity index (χ0v) is 11.8. The van der Waals surface area contributed by atoms with Gasteiger partial charge in [0.15, 0.2) is 0 Å². The first-order valence-electron chi connectivity index (χ1n) is 6.45. The zero-order chi connectivity index (χ0) is 14.1. The molecule has 0 bridgehead atoms. The number of fused-ring (bicyclic) bond motifs is 1. The highest BCUT2D eigenvalue weighted by atomic mass is 32.2. The molecule has 20 heavy (non-hydrogen) atoms. The molecule has 3 rings (SSSR count). The van der Waals surface area contributed by atoms with Gasteiger partial charge in [-0.3, -0.25) is 10.1 Å². The van der Waals surface area contributed by atoms with Crippen molar-refractivity contribution in [2.24, 2.45) is 0 Å². The van der Waals surface area contributed by atoms with Gasteiger partial charge in [0.05, 0.1) is 10.6 Å². The van der Waals surface area contributed by atoms with Crippen LogP contribution in [0.2, 0.25) is 0 Å². The molecule has 0 spiro atoms. The van der Waals surface area contributed by atoms with E-state index in [1.165, 1.54) is 17.5 Å². The van der Waals surface area contributed by atoms with E-state index in [0.717, 1.165) is 12.1 Å². The highest BCUT2D eigenvalue weighted by Crippen LogP contribution is 2.42. The first-order chi connectivity index (χ1) is 9.66. The summed E-state index contributed by atoms with van der Waals surface area (Å²) in [6.07, 6.45) is 0.976. The SMILES string of the molecule is C[C@@H]1Cc2ccccc2N1Sc1ccccc1[N+](=O)[O-]. The monoisotopic (exact) mass is 286 g/mol. The van der Waals surface area contributed by atoms with Crippen molar-refractivity contribution in [3.05, 3.63) is 64.2 Å². The van der Waals surface area contributed by atoms with Gasteiger partial charge in [-0.25, -0.2) is 0 Å². The van der Waals surface area contributed by atoms with E-state index in [-0.39, 0.29) is 10.6 Å². The Morgan fingerprint density at radius 1 is 1.20 bits per heavy atom. The summed E-state index contributed by atoms with van der Waals surface area (Å²) in [6, 6.07) is 15.4. The Morgan fingerprint density at radius 2 is 1.90 bits per heavy atom. The molecule has 1 aliphatic rings. The lowest BCUT2D eigenvalue weighted by Gasteiger charge is -2.22. The minimum absolute atomic E-state index is 0.161. The number of anilines is 1. The van der Waals surface area contributed by atoms with Crippen LogP contribution in [0.1, 0.15) is 12.5 Å². The van der Waals surface area contributed by atoms with Crippen molar-refractivity contribution >= 4 is 23.3 Å². The lowest BCUT2D eigenvalue weighted by Crippen LogP contribution is -2.21. The summed E-state index contributed by atoms with van der Waals surface area (Å²) in [6.45, 7) is 2.14. The predicted octanol–water partition coefficient (Wildman–Crippen LogP) is 4.05. The van der Waals surface area contributed by atoms with Gasteiger partial charge in [-0.15, -0.1) is 0 Å². The highest BCUT2D eigenvalue weighted by Gasteiger charge is 2.28. The lowest BCUT2D eigenvalue weighted by molar-refractivity contribution is -0.387. The largest absolute Gasteiger partial charge is 0.309 e. The van der Waals surface area contributed by atoms with Crippen LogP contribution in [0.25, 0.3) is 0 Å². The molecule has 0 radical (unpaired) electrons. The Bertz CT molecular complexity index is 660. The third-order valence-corrected chi connectivity index (χ3v) is 4.70. The van der Waals surface area contributed by atoms with E-state index < -0.39 is 0 Å². The van der Waals surface area contributed by atoms with E-state index in [1.54, 1.807) is 18.2 Å². The van der Waals surface area contributed by atoms with Crippen LogP contribution in [0.3, 0.4) is 0 Å². The molecule has 1 atom stereocenters. The van der Waals surface area contributed by atoms with Crippen molar-refractivity contribution < 1.29 is 4.92 Å². The summed E-state index contributed by atoms with van der Waals surface area (Å²) in [5.74, 6) is 0. The maximum atomic E-state index is 11.1. The number of nitrogens with zero attached hydrogens (tertiary/aromatic N) is 2. The van der Waals surface area contributed by atoms with Gasteiger partial charge in [-0.2, -0.15) is 0 Å². The molecule has 0 saturated heterocycles. The second-order valence-electron chi connectivity index (χ2n) is 4.82. The molecule has 0 N–H and O–H groups in total. The molecular weight excluding hydrogens is 272 g/mol. The molecule has 2 aromatic rings. The number of nitro benzene ring substituents is 1. The Morgan fingerprint density at radius 3 is 2.70 bits per heavy atom. The summed E-state index contributed by atoms with van der Waals surface area (Å²) in [7, 11) is 0. The smallest absolute Gasteiger partial charge is 0.284 e. The first-order valence-corrected chi connectivity index (χ1v) is 7.22. The second-order valence-corrected chi connectivity index (χ2v) is 5.84. The van der Waals surface area contributed by atoms with Crippen LogP contribution in [0.15, 0.2) is 53.4 Å². The summed E-state index contributed by atoms with van der Waals surface area (Å²) < 4.78 is 2.16. The van der Waals surface area contributed by atoms with Crippen LogP contribution >= 0.6 is 11.9 Å². The van der Waals surface area contributed by atoms with Gasteiger partial charge < -0.3 is 4.31 Å². The summed E-state index contributed by atoms with van der Waals surface area (Å²) in [4.78, 5) is 11.5. The molecule has 0 aliphatic carbocycles. The van der Waals surface area contributed by atoms with Crippen LogP contribution < -0.4 is 4.31 Å². The van der Waals surface area contributed by atoms with E-state index in [0.29, 0.717) is 10.9 Å². The molecule has 0 amide bonds. The van der Waals surface area contributed by atoms with Gasteiger partial charge in [0, 0.05) is 12.1 Å². The molecule has 0 aromatic heterocycles. The number of nitro groups is 1. The van der Waals surface area contributed by atoms with Crippen LogP contribution in [-0.2, 0) is 6.42 Å². The van der Waals surface area contributed by atoms with E-state index >= 15 is 0 Å². The lowest BCUT2D eigenvalue weighted by atomic mass is 10.1. The highest BCUT2D eigenvalue weighted by molar-refractivity contribution is 8.00. The van der Waals surface area contributed by atoms with E-state index in [4.69, 9.17) is 0 Å². The molecule has 1 heterocycles. The number of benzene rings is 2. The third kappa shape index (κ3) is 2.25. The maximum Gasteiger partial charge on any atom is 0.284 e. The third-order valence-electron chi connectivity index (χ3n) is 3.40. The van der Waals surface area contributed by atoms with E-state index in [1.807, 2.05) is 18.2 Å². The minimum atomic E-state index is -0.324. The predicted molar refractivity (Wildman–Crippen MR) is 81.0 cm³/mol. The van der Waals surface area contributed by atoms with Crippen molar-refractivity contribution in [1.29, 1.82) is 0 Å². The van der Waals surface area contributed by atoms with Crippen molar-refractivity contribution in [3.8, 4) is 0 Å². The number of hydrogen-bond donors (Lipinski definition) is 0. The zero-order valence-electron chi connectivity index (χ0n) is 11.0. The standard InChI is InChI=1S/C15H14N2O2S/c1-11-10-12-6-2-3-7-13(12)16(11)20-15-9-5-4-8-14(15)17(18)19/h2-9,11H,10H2,1H3/t11-/m1/s1. The average molecular weight is 286 g/mol. The Hall–Kier alpha value is -2.01. The Labute approximate surface area is 121 Å². The van der Waals surface area contributed by atoms with Gasteiger partial charge in [-0.05, 0) is 43.0 Å². The molecule has 2 aromatic carbocycles. The van der Waals surface area contributed by atoms with Crippen molar-refractivity contribution in [2.45, 2.75) is 24.3 Å². The first kappa shape index (κ1) is 13.0. The summed E-state index contributed by atoms with van der Waals surface area (Å²) in [5.41, 5.74) is 2.61. The number of para-hydroxylation sites is 2. The number of rotatable bonds is 3. The fraction of sp³-hybridized carbons (Fsp3) is 0.200. The molecule has 4 nitrogen and oxygen atoms in total. The quantitative estimate of drug-likeness (QED) is 0.485. The van der Waals surface area contributed by atoms with E-state index in [2.05, 4.69) is 23.4 Å². The van der Waals surface area contributed by atoms with Crippen molar-refractivity contribution in [3.63, 3.8) is 0 Å². The summed E-state index contributed by atoms with van der Waals surface area (Å²) >= 11 is 1.45. The Balaban J connectivity index is 1.94. The van der Waals surface area contributed by atoms with E-state index in [9.17, 15) is 10.1 Å². The van der Waals surface area contributed by atoms with Crippen molar-refractivity contribution in [1.82, 2.24) is 0 Å². The minimum Gasteiger partial charge on any atom is -0.309 e. The summed E-state index contributed by atoms with van der Waals surface area (Å²) in [5, 5.41) is 11.1. The average Bonchev–Trinajstić information content (AvgIpc) is 2.76. The Kier molecular flexibility index (Phi) is 3.36. The second kappa shape index (κ2) is 5.17.